The first-order valence-corrected chi connectivity index (χ1v) is 17.0. The van der Waals surface area contributed by atoms with Gasteiger partial charge in [0.15, 0.2) is 5.84 Å². The summed E-state index contributed by atoms with van der Waals surface area (Å²) in [5.41, 5.74) is 9.62. The van der Waals surface area contributed by atoms with Crippen LogP contribution in [0.3, 0.4) is 0 Å². The molecule has 0 unspecified atom stereocenters. The fourth-order valence-corrected chi connectivity index (χ4v) is 5.05. The molecule has 42 heavy (non-hydrogen) atoms. The Labute approximate surface area is 264 Å². The van der Waals surface area contributed by atoms with E-state index in [1.165, 1.54) is 11.1 Å². The van der Waals surface area contributed by atoms with Gasteiger partial charge in [0, 0.05) is 10.9 Å². The van der Waals surface area contributed by atoms with Crippen molar-refractivity contribution < 1.29 is 13.1 Å². The van der Waals surface area contributed by atoms with Crippen molar-refractivity contribution in [2.45, 2.75) is 53.4 Å². The van der Waals surface area contributed by atoms with Gasteiger partial charge in [-0.05, 0) is 54.0 Å². The summed E-state index contributed by atoms with van der Waals surface area (Å²) in [6, 6.07) is 31.5. The van der Waals surface area contributed by atoms with Gasteiger partial charge in [-0.1, -0.05) is 113 Å². The van der Waals surface area contributed by atoms with Crippen LogP contribution in [0.4, 0.5) is 11.4 Å². The summed E-state index contributed by atoms with van der Waals surface area (Å²) in [5, 5.41) is 6.16. The number of aromatic nitrogens is 2. The van der Waals surface area contributed by atoms with Crippen molar-refractivity contribution in [3.8, 4) is 0 Å². The van der Waals surface area contributed by atoms with E-state index in [1.807, 2.05) is 17.0 Å². The molecule has 0 fully saturated rings. The van der Waals surface area contributed by atoms with Crippen molar-refractivity contribution in [2.24, 2.45) is 9.98 Å². The van der Waals surface area contributed by atoms with Gasteiger partial charge in [0.1, 0.15) is 5.69 Å². The normalized spacial score (nSPS) is 12.0. The van der Waals surface area contributed by atoms with Crippen LogP contribution in [-0.2, 0) is 13.1 Å². The third-order valence-electron chi connectivity index (χ3n) is 7.16. The SMILES string of the molecule is Cc1cccc(C)c1N=Cc1nn(C(=Nc2c(C(C)C)cccc2C(C)C)c2ccccc2)c2ccccc12.[Cl][Fe][Cl]. The molecular formula is C35H36Cl2FeN4. The van der Waals surface area contributed by atoms with Gasteiger partial charge in [0.25, 0.3) is 0 Å². The summed E-state index contributed by atoms with van der Waals surface area (Å²) in [4.78, 5) is 10.3. The van der Waals surface area contributed by atoms with Crippen LogP contribution in [0.1, 0.15) is 73.0 Å². The Morgan fingerprint density at radius 3 is 1.88 bits per heavy atom. The molecule has 5 aromatic rings. The number of hydrogen-bond donors (Lipinski definition) is 0. The van der Waals surface area contributed by atoms with Crippen LogP contribution < -0.4 is 0 Å². The van der Waals surface area contributed by atoms with Crippen LogP contribution in [0.25, 0.3) is 10.9 Å². The van der Waals surface area contributed by atoms with E-state index in [9.17, 15) is 0 Å². The van der Waals surface area contributed by atoms with Gasteiger partial charge in [-0.3, -0.25) is 4.99 Å². The quantitative estimate of drug-likeness (QED) is 0.104. The van der Waals surface area contributed by atoms with Crippen molar-refractivity contribution in [3.63, 3.8) is 0 Å². The molecule has 0 atom stereocenters. The van der Waals surface area contributed by atoms with E-state index in [2.05, 4.69) is 126 Å². The maximum absolute atomic E-state index is 5.42. The molecular weight excluding hydrogens is 603 g/mol. The Balaban J connectivity index is 0.00000129. The molecule has 1 aromatic heterocycles. The molecule has 0 N–H and O–H groups in total. The molecule has 7 heteroatoms. The second kappa shape index (κ2) is 14.8. The molecule has 0 radical (unpaired) electrons. The van der Waals surface area contributed by atoms with Crippen LogP contribution in [-0.4, -0.2) is 21.8 Å². The molecule has 0 aliphatic heterocycles. The summed E-state index contributed by atoms with van der Waals surface area (Å²) in [5.74, 6) is 1.48. The van der Waals surface area contributed by atoms with Gasteiger partial charge in [-0.25, -0.2) is 9.67 Å². The minimum atomic E-state index is 0.194. The van der Waals surface area contributed by atoms with E-state index in [0.29, 0.717) is 11.8 Å². The van der Waals surface area contributed by atoms with Gasteiger partial charge in [-0.2, -0.15) is 5.10 Å². The average molecular weight is 639 g/mol. The van der Waals surface area contributed by atoms with E-state index in [4.69, 9.17) is 35.3 Å². The second-order valence-electron chi connectivity index (χ2n) is 10.8. The fraction of sp³-hybridized carbons (Fsp3) is 0.229. The zero-order valence-corrected chi connectivity index (χ0v) is 27.4. The summed E-state index contributed by atoms with van der Waals surface area (Å²) >= 11 is 0.194. The van der Waals surface area contributed by atoms with Crippen molar-refractivity contribution in [3.05, 3.63) is 125 Å². The number of para-hydroxylation sites is 3. The van der Waals surface area contributed by atoms with E-state index in [0.717, 1.165) is 50.5 Å². The summed E-state index contributed by atoms with van der Waals surface area (Å²) < 4.78 is 1.98. The molecule has 0 saturated heterocycles. The molecule has 4 aromatic carbocycles. The molecule has 0 aliphatic carbocycles. The Morgan fingerprint density at radius 1 is 0.738 bits per heavy atom. The standard InChI is InChI=1S/C35H36N4.2ClH.Fe/c1-23(2)28-19-13-20-29(24(3)4)34(28)37-35(27-16-8-7-9-17-27)39-32-21-11-10-18-30(32)31(38-39)22-36-33-25(5)14-12-15-26(33)6;;;/h7-24H,1-6H3;2*1H;/q;;;+2/p-2. The molecule has 0 amide bonds. The van der Waals surface area contributed by atoms with Gasteiger partial charge < -0.3 is 0 Å². The number of aliphatic imine (C=N–C) groups is 2. The van der Waals surface area contributed by atoms with Crippen LogP contribution >= 0.6 is 20.2 Å². The first kappa shape index (κ1) is 31.7. The fourth-order valence-electron chi connectivity index (χ4n) is 5.05. The van der Waals surface area contributed by atoms with Crippen molar-refractivity contribution in [2.75, 3.05) is 0 Å². The van der Waals surface area contributed by atoms with Gasteiger partial charge in [0.2, 0.25) is 0 Å². The number of aryl methyl sites for hydroxylation is 2. The van der Waals surface area contributed by atoms with Crippen LogP contribution in [0.5, 0.6) is 0 Å². The Kier molecular flexibility index (Phi) is 11.2. The van der Waals surface area contributed by atoms with E-state index in [-0.39, 0.29) is 13.1 Å². The van der Waals surface area contributed by atoms with Crippen LogP contribution in [0.2, 0.25) is 0 Å². The predicted octanol–water partition coefficient (Wildman–Crippen LogP) is 10.7. The van der Waals surface area contributed by atoms with Crippen molar-refractivity contribution in [1.82, 2.24) is 9.78 Å². The first-order valence-electron chi connectivity index (χ1n) is 14.0. The summed E-state index contributed by atoms with van der Waals surface area (Å²) in [6.07, 6.45) is 1.89. The minimum absolute atomic E-state index is 0.194. The Morgan fingerprint density at radius 2 is 1.29 bits per heavy atom. The van der Waals surface area contributed by atoms with Gasteiger partial charge in [0.05, 0.1) is 23.1 Å². The predicted molar refractivity (Wildman–Crippen MR) is 177 cm³/mol. The number of halogens is 2. The molecule has 0 bridgehead atoms. The molecule has 0 aliphatic rings. The summed E-state index contributed by atoms with van der Waals surface area (Å²) in [7, 11) is 9.53. The average Bonchev–Trinajstić information content (AvgIpc) is 3.34. The maximum atomic E-state index is 5.42. The molecule has 4 nitrogen and oxygen atoms in total. The number of hydrogen-bond acceptors (Lipinski definition) is 3. The van der Waals surface area contributed by atoms with E-state index >= 15 is 0 Å². The molecule has 218 valence electrons. The van der Waals surface area contributed by atoms with Crippen LogP contribution in [0.15, 0.2) is 101 Å². The summed E-state index contributed by atoms with van der Waals surface area (Å²) in [6.45, 7) is 13.1. The third-order valence-corrected chi connectivity index (χ3v) is 7.16. The third kappa shape index (κ3) is 7.22. The molecule has 0 spiro atoms. The van der Waals surface area contributed by atoms with Crippen molar-refractivity contribution in [1.29, 1.82) is 0 Å². The number of nitrogens with zero attached hydrogens (tertiary/aromatic N) is 4. The Bertz CT molecular complexity index is 1660. The van der Waals surface area contributed by atoms with E-state index in [1.54, 1.807) is 0 Å². The number of fused-ring (bicyclic) bond motifs is 1. The Hall–Kier alpha value is -3.21. The van der Waals surface area contributed by atoms with Crippen molar-refractivity contribution >= 4 is 54.5 Å². The van der Waals surface area contributed by atoms with E-state index < -0.39 is 0 Å². The molecule has 0 saturated carbocycles. The number of benzene rings is 4. The zero-order chi connectivity index (χ0) is 30.2. The monoisotopic (exact) mass is 638 g/mol. The first-order chi connectivity index (χ1) is 20.3. The zero-order valence-electron chi connectivity index (χ0n) is 24.8. The van der Waals surface area contributed by atoms with Crippen LogP contribution in [0, 0.1) is 13.8 Å². The molecule has 1 heterocycles. The topological polar surface area (TPSA) is 42.5 Å². The molecule has 5 rings (SSSR count). The number of rotatable bonds is 6. The van der Waals surface area contributed by atoms with Gasteiger partial charge >= 0.3 is 33.3 Å². The second-order valence-corrected chi connectivity index (χ2v) is 12.6. The van der Waals surface area contributed by atoms with Gasteiger partial charge in [-0.15, -0.1) is 0 Å².